The standard InChI is InChI=1S/C19H20F3N3O2/c1-3-17(26)24-15-8-7-12(2)16(10-15)25-18(27)23-11-13-5-4-6-14(9-13)19(20,21)22/h4-10H,3,11H2,1-2H3,(H,24,26)(H2,23,25,27). The molecule has 0 atom stereocenters. The highest BCUT2D eigenvalue weighted by molar-refractivity contribution is 5.94. The second-order valence-corrected chi connectivity index (χ2v) is 5.94. The largest absolute Gasteiger partial charge is 0.416 e. The van der Waals surface area contributed by atoms with Gasteiger partial charge in [0.05, 0.1) is 5.56 Å². The van der Waals surface area contributed by atoms with E-state index in [4.69, 9.17) is 0 Å². The minimum Gasteiger partial charge on any atom is -0.334 e. The SMILES string of the molecule is CCC(=O)Nc1ccc(C)c(NC(=O)NCc2cccc(C(F)(F)F)c2)c1. The van der Waals surface area contributed by atoms with Crippen LogP contribution in [0.1, 0.15) is 30.0 Å². The molecule has 3 N–H and O–H groups in total. The van der Waals surface area contributed by atoms with Crippen molar-refractivity contribution in [2.45, 2.75) is 33.0 Å². The first kappa shape index (κ1) is 20.3. The molecular formula is C19H20F3N3O2. The second kappa shape index (κ2) is 8.57. The fraction of sp³-hybridized carbons (Fsp3) is 0.263. The molecular weight excluding hydrogens is 359 g/mol. The maximum Gasteiger partial charge on any atom is 0.416 e. The van der Waals surface area contributed by atoms with E-state index in [1.165, 1.54) is 12.1 Å². The van der Waals surface area contributed by atoms with Crippen molar-refractivity contribution in [3.05, 3.63) is 59.2 Å². The maximum atomic E-state index is 12.7. The molecule has 0 spiro atoms. The number of alkyl halides is 3. The molecule has 2 aromatic carbocycles. The molecule has 0 aliphatic heterocycles. The summed E-state index contributed by atoms with van der Waals surface area (Å²) in [5, 5.41) is 7.85. The van der Waals surface area contributed by atoms with Crippen molar-refractivity contribution >= 4 is 23.3 Å². The summed E-state index contributed by atoms with van der Waals surface area (Å²) in [6.07, 6.45) is -4.10. The van der Waals surface area contributed by atoms with Gasteiger partial charge in [0.15, 0.2) is 0 Å². The molecule has 0 saturated heterocycles. The highest BCUT2D eigenvalue weighted by Gasteiger charge is 2.30. The second-order valence-electron chi connectivity index (χ2n) is 5.94. The van der Waals surface area contributed by atoms with E-state index in [2.05, 4.69) is 16.0 Å². The Labute approximate surface area is 155 Å². The fourth-order valence-electron chi connectivity index (χ4n) is 2.29. The van der Waals surface area contributed by atoms with E-state index < -0.39 is 17.8 Å². The number of aryl methyl sites for hydroxylation is 1. The molecule has 0 saturated carbocycles. The molecule has 3 amide bonds. The summed E-state index contributed by atoms with van der Waals surface area (Å²) in [7, 11) is 0. The Balaban J connectivity index is 2.00. The molecule has 0 fully saturated rings. The topological polar surface area (TPSA) is 70.2 Å². The van der Waals surface area contributed by atoms with E-state index in [-0.39, 0.29) is 12.5 Å². The molecule has 0 aliphatic rings. The summed E-state index contributed by atoms with van der Waals surface area (Å²) in [6, 6.07) is 9.28. The van der Waals surface area contributed by atoms with Gasteiger partial charge in [-0.15, -0.1) is 0 Å². The normalized spacial score (nSPS) is 11.0. The molecule has 0 radical (unpaired) electrons. The van der Waals surface area contributed by atoms with E-state index in [1.54, 1.807) is 32.0 Å². The van der Waals surface area contributed by atoms with Crippen molar-refractivity contribution in [3.63, 3.8) is 0 Å². The number of amides is 3. The van der Waals surface area contributed by atoms with Gasteiger partial charge in [-0.1, -0.05) is 25.1 Å². The molecule has 2 rings (SSSR count). The predicted octanol–water partition coefficient (Wildman–Crippen LogP) is 4.68. The smallest absolute Gasteiger partial charge is 0.334 e. The van der Waals surface area contributed by atoms with Crippen molar-refractivity contribution in [1.82, 2.24) is 5.32 Å². The Morgan fingerprint density at radius 1 is 1.04 bits per heavy atom. The predicted molar refractivity (Wildman–Crippen MR) is 97.4 cm³/mol. The Hall–Kier alpha value is -3.03. The zero-order valence-electron chi connectivity index (χ0n) is 14.9. The van der Waals surface area contributed by atoms with E-state index in [0.29, 0.717) is 23.4 Å². The van der Waals surface area contributed by atoms with Crippen LogP contribution in [0.25, 0.3) is 0 Å². The Morgan fingerprint density at radius 3 is 2.44 bits per heavy atom. The first-order valence-electron chi connectivity index (χ1n) is 8.30. The van der Waals surface area contributed by atoms with Crippen LogP contribution in [0.3, 0.4) is 0 Å². The number of anilines is 2. The van der Waals surface area contributed by atoms with Crippen molar-refractivity contribution in [2.75, 3.05) is 10.6 Å². The summed E-state index contributed by atoms with van der Waals surface area (Å²) in [4.78, 5) is 23.5. The number of rotatable bonds is 5. The lowest BCUT2D eigenvalue weighted by atomic mass is 10.1. The monoisotopic (exact) mass is 379 g/mol. The quantitative estimate of drug-likeness (QED) is 0.706. The highest BCUT2D eigenvalue weighted by Crippen LogP contribution is 2.29. The molecule has 5 nitrogen and oxygen atoms in total. The van der Waals surface area contributed by atoms with Crippen molar-refractivity contribution in [1.29, 1.82) is 0 Å². The fourth-order valence-corrected chi connectivity index (χ4v) is 2.29. The molecule has 0 heterocycles. The number of carbonyl (C=O) groups excluding carboxylic acids is 2. The van der Waals surface area contributed by atoms with Crippen molar-refractivity contribution in [3.8, 4) is 0 Å². The van der Waals surface area contributed by atoms with Crippen LogP contribution < -0.4 is 16.0 Å². The van der Waals surface area contributed by atoms with Gasteiger partial charge in [-0.05, 0) is 42.3 Å². The number of hydrogen-bond donors (Lipinski definition) is 3. The van der Waals surface area contributed by atoms with Gasteiger partial charge in [-0.3, -0.25) is 4.79 Å². The minimum absolute atomic E-state index is 0.0545. The molecule has 144 valence electrons. The van der Waals surface area contributed by atoms with E-state index in [0.717, 1.165) is 17.7 Å². The van der Waals surface area contributed by atoms with E-state index >= 15 is 0 Å². The van der Waals surface area contributed by atoms with Gasteiger partial charge in [-0.2, -0.15) is 13.2 Å². The Bertz CT molecular complexity index is 835. The van der Waals surface area contributed by atoms with Crippen LogP contribution in [0, 0.1) is 6.92 Å². The van der Waals surface area contributed by atoms with Crippen LogP contribution >= 0.6 is 0 Å². The molecule has 0 bridgehead atoms. The van der Waals surface area contributed by atoms with Crippen molar-refractivity contribution < 1.29 is 22.8 Å². The molecule has 0 unspecified atom stereocenters. The number of hydrogen-bond acceptors (Lipinski definition) is 2. The molecule has 8 heteroatoms. The van der Waals surface area contributed by atoms with Crippen LogP contribution in [-0.4, -0.2) is 11.9 Å². The maximum absolute atomic E-state index is 12.7. The van der Waals surface area contributed by atoms with E-state index in [9.17, 15) is 22.8 Å². The van der Waals surface area contributed by atoms with Gasteiger partial charge >= 0.3 is 12.2 Å². The number of urea groups is 1. The number of halogens is 3. The van der Waals surface area contributed by atoms with Crippen LogP contribution in [0.4, 0.5) is 29.3 Å². The summed E-state index contributed by atoms with van der Waals surface area (Å²) < 4.78 is 38.2. The summed E-state index contributed by atoms with van der Waals surface area (Å²) in [5.74, 6) is -0.154. The third-order valence-electron chi connectivity index (χ3n) is 3.80. The number of nitrogens with one attached hydrogen (secondary N) is 3. The zero-order chi connectivity index (χ0) is 20.0. The van der Waals surface area contributed by atoms with Crippen LogP contribution in [0.15, 0.2) is 42.5 Å². The average Bonchev–Trinajstić information content (AvgIpc) is 2.62. The molecule has 0 aromatic heterocycles. The van der Waals surface area contributed by atoms with Crippen molar-refractivity contribution in [2.24, 2.45) is 0 Å². The first-order valence-corrected chi connectivity index (χ1v) is 8.30. The summed E-state index contributed by atoms with van der Waals surface area (Å²) in [6.45, 7) is 3.46. The van der Waals surface area contributed by atoms with Crippen LogP contribution in [0.2, 0.25) is 0 Å². The Kier molecular flexibility index (Phi) is 6.44. The average molecular weight is 379 g/mol. The van der Waals surface area contributed by atoms with Gasteiger partial charge < -0.3 is 16.0 Å². The Morgan fingerprint density at radius 2 is 1.78 bits per heavy atom. The third-order valence-corrected chi connectivity index (χ3v) is 3.80. The first-order chi connectivity index (χ1) is 12.7. The van der Waals surface area contributed by atoms with E-state index in [1.807, 2.05) is 0 Å². The molecule has 0 aliphatic carbocycles. The lowest BCUT2D eigenvalue weighted by Crippen LogP contribution is -2.28. The van der Waals surface area contributed by atoms with Gasteiger partial charge in [0.2, 0.25) is 5.91 Å². The van der Waals surface area contributed by atoms with Gasteiger partial charge in [-0.25, -0.2) is 4.79 Å². The van der Waals surface area contributed by atoms with Gasteiger partial charge in [0, 0.05) is 24.3 Å². The summed E-state index contributed by atoms with van der Waals surface area (Å²) in [5.41, 5.74) is 1.38. The minimum atomic E-state index is -4.43. The highest BCUT2D eigenvalue weighted by atomic mass is 19.4. The van der Waals surface area contributed by atoms with Gasteiger partial charge in [0.25, 0.3) is 0 Å². The third kappa shape index (κ3) is 6.02. The lowest BCUT2D eigenvalue weighted by molar-refractivity contribution is -0.137. The zero-order valence-corrected chi connectivity index (χ0v) is 14.9. The molecule has 2 aromatic rings. The lowest BCUT2D eigenvalue weighted by Gasteiger charge is -2.13. The summed E-state index contributed by atoms with van der Waals surface area (Å²) >= 11 is 0. The van der Waals surface area contributed by atoms with Gasteiger partial charge in [0.1, 0.15) is 0 Å². The molecule has 27 heavy (non-hydrogen) atoms. The van der Waals surface area contributed by atoms with Crippen LogP contribution in [0.5, 0.6) is 0 Å². The van der Waals surface area contributed by atoms with Crippen LogP contribution in [-0.2, 0) is 17.5 Å². The number of benzene rings is 2. The number of carbonyl (C=O) groups is 2.